The summed E-state index contributed by atoms with van der Waals surface area (Å²) >= 11 is 9.32. The predicted octanol–water partition coefficient (Wildman–Crippen LogP) is 3.87. The van der Waals surface area contributed by atoms with Crippen molar-refractivity contribution >= 4 is 43.3 Å². The van der Waals surface area contributed by atoms with Crippen LogP contribution < -0.4 is 4.74 Å². The summed E-state index contributed by atoms with van der Waals surface area (Å²) in [6, 6.07) is 9.21. The van der Waals surface area contributed by atoms with Crippen molar-refractivity contribution in [3.05, 3.63) is 57.0 Å². The van der Waals surface area contributed by atoms with Gasteiger partial charge in [0.1, 0.15) is 12.4 Å². The molecule has 2 aromatic rings. The van der Waals surface area contributed by atoms with Crippen LogP contribution in [0.15, 0.2) is 45.8 Å². The second-order valence-electron chi connectivity index (χ2n) is 4.95. The number of ether oxygens (including phenoxy) is 2. The van der Waals surface area contributed by atoms with Crippen LogP contribution in [0.3, 0.4) is 0 Å². The maximum Gasteiger partial charge on any atom is 0.340 e. The van der Waals surface area contributed by atoms with Crippen LogP contribution in [0.5, 0.6) is 5.75 Å². The van der Waals surface area contributed by atoms with Crippen LogP contribution in [-0.2, 0) is 21.2 Å². The summed E-state index contributed by atoms with van der Waals surface area (Å²) in [5.41, 5.74) is 0.657. The zero-order valence-electron chi connectivity index (χ0n) is 12.9. The van der Waals surface area contributed by atoms with E-state index in [1.807, 2.05) is 0 Å². The van der Waals surface area contributed by atoms with Crippen LogP contribution in [0, 0.1) is 0 Å². The number of halogens is 2. The van der Waals surface area contributed by atoms with Gasteiger partial charge in [0.2, 0.25) is 0 Å². The summed E-state index contributed by atoms with van der Waals surface area (Å²) in [4.78, 5) is 12.2. The average molecular weight is 434 g/mol. The highest BCUT2D eigenvalue weighted by atomic mass is 79.9. The van der Waals surface area contributed by atoms with E-state index in [1.165, 1.54) is 25.3 Å². The number of esters is 1. The van der Waals surface area contributed by atoms with Gasteiger partial charge in [-0.2, -0.15) is 0 Å². The van der Waals surface area contributed by atoms with Gasteiger partial charge < -0.3 is 9.47 Å². The molecule has 0 spiro atoms. The Hall–Kier alpha value is -1.57. The highest BCUT2D eigenvalue weighted by Crippen LogP contribution is 2.25. The molecule has 0 amide bonds. The molecule has 0 aliphatic heterocycles. The Balaban J connectivity index is 2.24. The number of sulfone groups is 1. The maximum absolute atomic E-state index is 12.2. The van der Waals surface area contributed by atoms with Gasteiger partial charge in [0.05, 0.1) is 22.6 Å². The Morgan fingerprint density at radius 3 is 2.54 bits per heavy atom. The number of benzene rings is 2. The summed E-state index contributed by atoms with van der Waals surface area (Å²) < 4.78 is 34.5. The van der Waals surface area contributed by atoms with Crippen molar-refractivity contribution in [3.8, 4) is 5.75 Å². The molecule has 0 fully saturated rings. The molecule has 0 atom stereocenters. The van der Waals surface area contributed by atoms with E-state index < -0.39 is 15.8 Å². The Morgan fingerprint density at radius 1 is 1.21 bits per heavy atom. The molecule has 0 saturated heterocycles. The summed E-state index contributed by atoms with van der Waals surface area (Å²) in [6.07, 6.45) is 1.05. The van der Waals surface area contributed by atoms with E-state index in [1.54, 1.807) is 18.2 Å². The highest BCUT2D eigenvalue weighted by Gasteiger charge is 2.17. The van der Waals surface area contributed by atoms with E-state index in [-0.39, 0.29) is 22.1 Å². The Morgan fingerprint density at radius 2 is 1.92 bits per heavy atom. The lowest BCUT2D eigenvalue weighted by Gasteiger charge is -2.11. The summed E-state index contributed by atoms with van der Waals surface area (Å²) in [5.74, 6) is -0.144. The lowest BCUT2D eigenvalue weighted by Crippen LogP contribution is -2.08. The molecule has 2 rings (SSSR count). The van der Waals surface area contributed by atoms with Gasteiger partial charge in [0.15, 0.2) is 9.84 Å². The molecule has 5 nitrogen and oxygen atoms in total. The van der Waals surface area contributed by atoms with Crippen molar-refractivity contribution in [2.75, 3.05) is 13.4 Å². The lowest BCUT2D eigenvalue weighted by atomic mass is 10.2. The highest BCUT2D eigenvalue weighted by molar-refractivity contribution is 9.10. The third-order valence-corrected chi connectivity index (χ3v) is 5.12. The summed E-state index contributed by atoms with van der Waals surface area (Å²) in [6.45, 7) is -0.0408. The fourth-order valence-corrected chi connectivity index (χ4v) is 3.22. The van der Waals surface area contributed by atoms with Gasteiger partial charge in [-0.3, -0.25) is 0 Å². The molecule has 2 aromatic carbocycles. The minimum absolute atomic E-state index is 0.00103. The van der Waals surface area contributed by atoms with Crippen LogP contribution in [-0.4, -0.2) is 27.8 Å². The molecule has 0 bridgehead atoms. The van der Waals surface area contributed by atoms with E-state index in [0.29, 0.717) is 11.3 Å². The third-order valence-electron chi connectivity index (χ3n) is 3.19. The Labute approximate surface area is 153 Å². The quantitative estimate of drug-likeness (QED) is 0.670. The fourth-order valence-electron chi connectivity index (χ4n) is 1.97. The van der Waals surface area contributed by atoms with Crippen LogP contribution >= 0.6 is 27.5 Å². The first-order valence-corrected chi connectivity index (χ1v) is 9.77. The SMILES string of the molecule is COc1ccc(Br)cc1COC(=O)c1cc(S(C)(=O)=O)ccc1Cl. The minimum atomic E-state index is -3.45. The topological polar surface area (TPSA) is 69.7 Å². The fraction of sp³-hybridized carbons (Fsp3) is 0.188. The van der Waals surface area contributed by atoms with E-state index in [2.05, 4.69) is 15.9 Å². The average Bonchev–Trinajstić information content (AvgIpc) is 2.52. The second kappa shape index (κ2) is 7.55. The molecule has 0 N–H and O–H groups in total. The smallest absolute Gasteiger partial charge is 0.340 e. The monoisotopic (exact) mass is 432 g/mol. The van der Waals surface area contributed by atoms with Crippen LogP contribution in [0.2, 0.25) is 5.02 Å². The maximum atomic E-state index is 12.2. The third kappa shape index (κ3) is 4.49. The number of hydrogen-bond acceptors (Lipinski definition) is 5. The van der Waals surface area contributed by atoms with Crippen molar-refractivity contribution < 1.29 is 22.7 Å². The molecule has 8 heteroatoms. The van der Waals surface area contributed by atoms with E-state index in [4.69, 9.17) is 21.1 Å². The lowest BCUT2D eigenvalue weighted by molar-refractivity contribution is 0.0470. The van der Waals surface area contributed by atoms with Gasteiger partial charge in [-0.1, -0.05) is 27.5 Å². The molecule has 128 valence electrons. The van der Waals surface area contributed by atoms with Gasteiger partial charge >= 0.3 is 5.97 Å². The van der Waals surface area contributed by atoms with Gasteiger partial charge in [-0.05, 0) is 36.4 Å². The number of rotatable bonds is 5. The van der Waals surface area contributed by atoms with Crippen molar-refractivity contribution in [2.45, 2.75) is 11.5 Å². The van der Waals surface area contributed by atoms with Gasteiger partial charge in [0, 0.05) is 16.3 Å². The number of carbonyl (C=O) groups is 1. The van der Waals surface area contributed by atoms with Crippen molar-refractivity contribution in [1.82, 2.24) is 0 Å². The number of carbonyl (C=O) groups excluding carboxylic acids is 1. The van der Waals surface area contributed by atoms with Gasteiger partial charge in [0.25, 0.3) is 0 Å². The first-order chi connectivity index (χ1) is 11.2. The minimum Gasteiger partial charge on any atom is -0.496 e. The van der Waals surface area contributed by atoms with E-state index in [0.717, 1.165) is 10.7 Å². The zero-order chi connectivity index (χ0) is 17.9. The van der Waals surface area contributed by atoms with E-state index >= 15 is 0 Å². The van der Waals surface area contributed by atoms with Crippen LogP contribution in [0.25, 0.3) is 0 Å². The number of methoxy groups -OCH3 is 1. The summed E-state index contributed by atoms with van der Waals surface area (Å²) in [7, 11) is -1.94. The Bertz CT molecular complexity index is 880. The number of hydrogen-bond donors (Lipinski definition) is 0. The predicted molar refractivity (Wildman–Crippen MR) is 94.4 cm³/mol. The second-order valence-corrected chi connectivity index (χ2v) is 8.28. The molecule has 0 unspecified atom stereocenters. The molecule has 0 radical (unpaired) electrons. The Kier molecular flexibility index (Phi) is 5.90. The van der Waals surface area contributed by atoms with Crippen LogP contribution in [0.4, 0.5) is 0 Å². The first-order valence-electron chi connectivity index (χ1n) is 6.71. The molecular weight excluding hydrogens is 420 g/mol. The van der Waals surface area contributed by atoms with Crippen molar-refractivity contribution in [1.29, 1.82) is 0 Å². The van der Waals surface area contributed by atoms with E-state index in [9.17, 15) is 13.2 Å². The largest absolute Gasteiger partial charge is 0.496 e. The summed E-state index contributed by atoms with van der Waals surface area (Å²) in [5, 5.41) is 0.119. The molecule has 0 aromatic heterocycles. The van der Waals surface area contributed by atoms with Gasteiger partial charge in [-0.25, -0.2) is 13.2 Å². The first kappa shape index (κ1) is 18.8. The van der Waals surface area contributed by atoms with Crippen LogP contribution in [0.1, 0.15) is 15.9 Å². The molecule has 0 heterocycles. The molecule has 0 aliphatic carbocycles. The molecule has 0 saturated carbocycles. The normalized spacial score (nSPS) is 11.2. The van der Waals surface area contributed by atoms with Crippen molar-refractivity contribution in [3.63, 3.8) is 0 Å². The van der Waals surface area contributed by atoms with Gasteiger partial charge in [-0.15, -0.1) is 0 Å². The zero-order valence-corrected chi connectivity index (χ0v) is 16.0. The molecule has 0 aliphatic rings. The molecular formula is C16H14BrClO5S. The molecule has 24 heavy (non-hydrogen) atoms. The van der Waals surface area contributed by atoms with Crippen molar-refractivity contribution in [2.24, 2.45) is 0 Å². The standard InChI is InChI=1S/C16H14BrClO5S/c1-22-15-6-3-11(17)7-10(15)9-23-16(19)13-8-12(24(2,20)21)4-5-14(13)18/h3-8H,9H2,1-2H3.